The molecule has 1 aliphatic heterocycles. The van der Waals surface area contributed by atoms with E-state index in [1.165, 1.54) is 41.9 Å². The third kappa shape index (κ3) is 3.95. The number of anilines is 2. The van der Waals surface area contributed by atoms with Crippen LogP contribution in [0.4, 0.5) is 11.5 Å². The van der Waals surface area contributed by atoms with Crippen molar-refractivity contribution in [1.82, 2.24) is 14.9 Å². The summed E-state index contributed by atoms with van der Waals surface area (Å²) in [4.78, 5) is 12.6. The molecule has 0 aliphatic carbocycles. The molecule has 3 heterocycles. The zero-order valence-corrected chi connectivity index (χ0v) is 16.8. The lowest BCUT2D eigenvalue weighted by atomic mass is 10.1. The Morgan fingerprint density at radius 1 is 1.00 bits per heavy atom. The number of phenolic OH excluding ortho intramolecular Hbond substituents is 1. The number of phenols is 1. The van der Waals surface area contributed by atoms with E-state index in [0.29, 0.717) is 0 Å². The van der Waals surface area contributed by atoms with Crippen LogP contribution >= 0.6 is 11.3 Å². The van der Waals surface area contributed by atoms with Crippen LogP contribution in [0, 0.1) is 0 Å². The third-order valence-electron chi connectivity index (χ3n) is 5.24. The van der Waals surface area contributed by atoms with Gasteiger partial charge in [0.25, 0.3) is 0 Å². The van der Waals surface area contributed by atoms with Crippen molar-refractivity contribution in [3.8, 4) is 16.2 Å². The van der Waals surface area contributed by atoms with E-state index in [9.17, 15) is 5.11 Å². The van der Waals surface area contributed by atoms with Gasteiger partial charge in [-0.1, -0.05) is 24.3 Å². The maximum absolute atomic E-state index is 9.71. The Bertz CT molecular complexity index is 1150. The number of fused-ring (bicyclic) bond motifs is 1. The van der Waals surface area contributed by atoms with Crippen LogP contribution in [0.15, 0.2) is 60.9 Å². The molecule has 0 spiro atoms. The zero-order chi connectivity index (χ0) is 19.6. The minimum absolute atomic E-state index is 0.224. The average molecular weight is 403 g/mol. The van der Waals surface area contributed by atoms with Gasteiger partial charge < -0.3 is 10.4 Å². The molecular formula is C23H22N4OS. The molecule has 1 aliphatic rings. The largest absolute Gasteiger partial charge is 0.508 e. The predicted molar refractivity (Wildman–Crippen MR) is 119 cm³/mol. The van der Waals surface area contributed by atoms with E-state index >= 15 is 0 Å². The highest BCUT2D eigenvalue weighted by Crippen LogP contribution is 2.37. The maximum Gasteiger partial charge on any atom is 0.151 e. The summed E-state index contributed by atoms with van der Waals surface area (Å²) >= 11 is 1.69. The van der Waals surface area contributed by atoms with Crippen LogP contribution in [0.2, 0.25) is 0 Å². The fourth-order valence-corrected chi connectivity index (χ4v) is 4.88. The fraction of sp³-hybridized carbons (Fsp3) is 0.217. The normalized spacial score (nSPS) is 14.5. The Kier molecular flexibility index (Phi) is 4.87. The molecule has 0 saturated carbocycles. The quantitative estimate of drug-likeness (QED) is 0.468. The molecule has 146 valence electrons. The smallest absolute Gasteiger partial charge is 0.151 e. The summed E-state index contributed by atoms with van der Waals surface area (Å²) in [6.45, 7) is 3.42. The molecule has 29 heavy (non-hydrogen) atoms. The first-order chi connectivity index (χ1) is 14.2. The van der Waals surface area contributed by atoms with Crippen LogP contribution in [0.5, 0.6) is 5.75 Å². The van der Waals surface area contributed by atoms with Crippen LogP contribution in [-0.2, 0) is 6.54 Å². The Labute approximate surface area is 173 Å². The summed E-state index contributed by atoms with van der Waals surface area (Å²) in [7, 11) is 0. The molecule has 6 heteroatoms. The maximum atomic E-state index is 9.71. The fourth-order valence-electron chi connectivity index (χ4n) is 3.83. The number of nitrogens with one attached hydrogen (secondary N) is 1. The van der Waals surface area contributed by atoms with Crippen LogP contribution in [-0.4, -0.2) is 33.1 Å². The van der Waals surface area contributed by atoms with E-state index in [4.69, 9.17) is 0 Å². The Balaban J connectivity index is 1.45. The first-order valence-electron chi connectivity index (χ1n) is 9.87. The molecule has 2 N–H and O–H groups in total. The molecule has 0 atom stereocenters. The van der Waals surface area contributed by atoms with Crippen molar-refractivity contribution in [3.63, 3.8) is 0 Å². The van der Waals surface area contributed by atoms with Crippen molar-refractivity contribution in [1.29, 1.82) is 0 Å². The molecule has 2 aromatic heterocycles. The molecule has 1 saturated heterocycles. The second kappa shape index (κ2) is 7.81. The minimum atomic E-state index is 0.224. The number of aromatic hydroxyl groups is 1. The van der Waals surface area contributed by atoms with Gasteiger partial charge in [0.1, 0.15) is 12.1 Å². The number of hydrogen-bond donors (Lipinski definition) is 2. The van der Waals surface area contributed by atoms with E-state index in [0.717, 1.165) is 28.3 Å². The summed E-state index contributed by atoms with van der Waals surface area (Å²) in [5.74, 6) is 0.979. The Morgan fingerprint density at radius 2 is 1.86 bits per heavy atom. The van der Waals surface area contributed by atoms with Gasteiger partial charge in [0.2, 0.25) is 0 Å². The first kappa shape index (κ1) is 18.1. The number of thiophene rings is 1. The molecule has 0 radical (unpaired) electrons. The first-order valence-corrected chi connectivity index (χ1v) is 10.7. The van der Waals surface area contributed by atoms with Crippen molar-refractivity contribution in [3.05, 3.63) is 66.5 Å². The average Bonchev–Trinajstić information content (AvgIpc) is 3.38. The zero-order valence-electron chi connectivity index (χ0n) is 16.0. The van der Waals surface area contributed by atoms with Crippen molar-refractivity contribution >= 4 is 33.1 Å². The highest BCUT2D eigenvalue weighted by molar-refractivity contribution is 7.22. The second-order valence-electron chi connectivity index (χ2n) is 7.41. The highest BCUT2D eigenvalue weighted by atomic mass is 32.1. The lowest BCUT2D eigenvalue weighted by Gasteiger charge is -2.14. The third-order valence-corrected chi connectivity index (χ3v) is 6.42. The SMILES string of the molecule is Oc1cccc(Nc2ncnc3cc(-c4cccc(CN5CCCC5)c4)sc23)c1. The van der Waals surface area contributed by atoms with E-state index in [1.807, 2.05) is 12.1 Å². The van der Waals surface area contributed by atoms with Gasteiger partial charge in [0.05, 0.1) is 10.2 Å². The molecule has 5 nitrogen and oxygen atoms in total. The summed E-state index contributed by atoms with van der Waals surface area (Å²) in [5.41, 5.74) is 4.29. The summed E-state index contributed by atoms with van der Waals surface area (Å²) in [5, 5.41) is 13.0. The van der Waals surface area contributed by atoms with Gasteiger partial charge in [-0.2, -0.15) is 0 Å². The van der Waals surface area contributed by atoms with Crippen LogP contribution < -0.4 is 5.32 Å². The lowest BCUT2D eigenvalue weighted by Crippen LogP contribution is -2.18. The van der Waals surface area contributed by atoms with Crippen LogP contribution in [0.3, 0.4) is 0 Å². The number of nitrogens with zero attached hydrogens (tertiary/aromatic N) is 3. The van der Waals surface area contributed by atoms with E-state index in [2.05, 4.69) is 50.5 Å². The number of rotatable bonds is 5. The van der Waals surface area contributed by atoms with Gasteiger partial charge in [-0.3, -0.25) is 4.90 Å². The lowest BCUT2D eigenvalue weighted by molar-refractivity contribution is 0.331. The van der Waals surface area contributed by atoms with Gasteiger partial charge in [0, 0.05) is 23.2 Å². The number of likely N-dealkylation sites (tertiary alicyclic amines) is 1. The second-order valence-corrected chi connectivity index (χ2v) is 8.46. The number of benzene rings is 2. The van der Waals surface area contributed by atoms with Crippen molar-refractivity contribution in [2.24, 2.45) is 0 Å². The van der Waals surface area contributed by atoms with Gasteiger partial charge >= 0.3 is 0 Å². The molecule has 1 fully saturated rings. The van der Waals surface area contributed by atoms with Crippen LogP contribution in [0.25, 0.3) is 20.7 Å². The summed E-state index contributed by atoms with van der Waals surface area (Å²) < 4.78 is 1.01. The molecule has 0 unspecified atom stereocenters. The highest BCUT2D eigenvalue weighted by Gasteiger charge is 2.14. The molecule has 5 rings (SSSR count). The monoisotopic (exact) mass is 402 g/mol. The number of aromatic nitrogens is 2. The minimum Gasteiger partial charge on any atom is -0.508 e. The van der Waals surface area contributed by atoms with Gasteiger partial charge in [0.15, 0.2) is 5.82 Å². The Hall–Kier alpha value is -2.96. The van der Waals surface area contributed by atoms with E-state index in [-0.39, 0.29) is 5.75 Å². The van der Waals surface area contributed by atoms with E-state index < -0.39 is 0 Å². The molecule has 2 aromatic carbocycles. The van der Waals surface area contributed by atoms with Crippen molar-refractivity contribution in [2.75, 3.05) is 18.4 Å². The van der Waals surface area contributed by atoms with Crippen molar-refractivity contribution in [2.45, 2.75) is 19.4 Å². The summed E-state index contributed by atoms with van der Waals surface area (Å²) in [6, 6.07) is 18.0. The number of hydrogen-bond acceptors (Lipinski definition) is 6. The van der Waals surface area contributed by atoms with Gasteiger partial charge in [-0.05, 0) is 61.3 Å². The molecule has 0 bridgehead atoms. The van der Waals surface area contributed by atoms with Gasteiger partial charge in [-0.25, -0.2) is 9.97 Å². The summed E-state index contributed by atoms with van der Waals surface area (Å²) in [6.07, 6.45) is 4.20. The predicted octanol–water partition coefficient (Wildman–Crippen LogP) is 5.40. The Morgan fingerprint density at radius 3 is 2.72 bits per heavy atom. The van der Waals surface area contributed by atoms with Crippen LogP contribution in [0.1, 0.15) is 18.4 Å². The van der Waals surface area contributed by atoms with Gasteiger partial charge in [-0.15, -0.1) is 11.3 Å². The molecular weight excluding hydrogens is 380 g/mol. The van der Waals surface area contributed by atoms with E-state index in [1.54, 1.807) is 29.8 Å². The molecule has 4 aromatic rings. The van der Waals surface area contributed by atoms with Crippen molar-refractivity contribution < 1.29 is 5.11 Å². The topological polar surface area (TPSA) is 61.3 Å². The molecule has 0 amide bonds. The standard InChI is InChI=1S/C23H22N4OS/c28-19-8-4-7-18(12-19)26-23-22-20(24-15-25-23)13-21(29-22)17-6-3-5-16(11-17)14-27-9-1-2-10-27/h3-8,11-13,15,28H,1-2,9-10,14H2,(H,24,25,26).